The molecule has 0 aliphatic heterocycles. The molecule has 1 aromatic rings. The SMILES string of the molecule is CCCCCCCCCCOCCOCCOCCOCCOc1ccc(CCCCCCCC)cc1. The van der Waals surface area contributed by atoms with Crippen LogP contribution in [-0.4, -0.2) is 59.5 Å². The molecule has 0 aliphatic carbocycles. The Morgan fingerprint density at radius 2 is 0.811 bits per heavy atom. The van der Waals surface area contributed by atoms with Crippen LogP contribution in [0.5, 0.6) is 5.75 Å². The number of hydrogen-bond donors (Lipinski definition) is 0. The van der Waals surface area contributed by atoms with E-state index in [1.165, 1.54) is 89.0 Å². The van der Waals surface area contributed by atoms with Crippen LogP contribution in [0.4, 0.5) is 0 Å². The van der Waals surface area contributed by atoms with Gasteiger partial charge in [-0.05, 0) is 37.0 Å². The average molecular weight is 523 g/mol. The van der Waals surface area contributed by atoms with Gasteiger partial charge in [-0.25, -0.2) is 0 Å². The maximum atomic E-state index is 5.77. The van der Waals surface area contributed by atoms with Crippen molar-refractivity contribution in [3.63, 3.8) is 0 Å². The second-order valence-corrected chi connectivity index (χ2v) is 9.93. The first-order valence-corrected chi connectivity index (χ1v) is 15.4. The minimum absolute atomic E-state index is 0.554. The molecule has 1 rings (SSSR count). The van der Waals surface area contributed by atoms with Crippen LogP contribution in [0, 0.1) is 0 Å². The summed E-state index contributed by atoms with van der Waals surface area (Å²) >= 11 is 0. The van der Waals surface area contributed by atoms with E-state index < -0.39 is 0 Å². The Hall–Kier alpha value is -1.14. The van der Waals surface area contributed by atoms with Gasteiger partial charge in [0.1, 0.15) is 12.4 Å². The van der Waals surface area contributed by atoms with Gasteiger partial charge in [0.2, 0.25) is 0 Å². The molecule has 0 aliphatic rings. The average Bonchev–Trinajstić information content (AvgIpc) is 2.92. The van der Waals surface area contributed by atoms with Crippen LogP contribution in [0.2, 0.25) is 0 Å². The summed E-state index contributed by atoms with van der Waals surface area (Å²) in [5.74, 6) is 0.908. The summed E-state index contributed by atoms with van der Waals surface area (Å²) in [6, 6.07) is 8.50. The summed E-state index contributed by atoms with van der Waals surface area (Å²) in [7, 11) is 0. The third-order valence-corrected chi connectivity index (χ3v) is 6.50. The van der Waals surface area contributed by atoms with Gasteiger partial charge in [0.25, 0.3) is 0 Å². The molecule has 1 aromatic carbocycles. The monoisotopic (exact) mass is 522 g/mol. The summed E-state index contributed by atoms with van der Waals surface area (Å²) in [6.07, 6.45) is 19.8. The molecule has 0 N–H and O–H groups in total. The number of unbranched alkanes of at least 4 members (excludes halogenated alkanes) is 12. The molecule has 0 heterocycles. The maximum absolute atomic E-state index is 5.77. The van der Waals surface area contributed by atoms with Crippen LogP contribution < -0.4 is 4.74 Å². The highest BCUT2D eigenvalue weighted by atomic mass is 16.6. The Balaban J connectivity index is 1.77. The molecule has 5 nitrogen and oxygen atoms in total. The first kappa shape index (κ1) is 33.9. The van der Waals surface area contributed by atoms with E-state index in [9.17, 15) is 0 Å². The topological polar surface area (TPSA) is 46.2 Å². The van der Waals surface area contributed by atoms with Crippen LogP contribution in [0.25, 0.3) is 0 Å². The fourth-order valence-corrected chi connectivity index (χ4v) is 4.18. The molecule has 0 saturated heterocycles. The van der Waals surface area contributed by atoms with Crippen LogP contribution in [0.15, 0.2) is 24.3 Å². The molecule has 0 spiro atoms. The van der Waals surface area contributed by atoms with Gasteiger partial charge in [-0.3, -0.25) is 0 Å². The van der Waals surface area contributed by atoms with E-state index in [2.05, 4.69) is 38.1 Å². The zero-order valence-electron chi connectivity index (χ0n) is 24.3. The minimum Gasteiger partial charge on any atom is -0.491 e. The van der Waals surface area contributed by atoms with Crippen LogP contribution in [0.3, 0.4) is 0 Å². The lowest BCUT2D eigenvalue weighted by atomic mass is 10.0. The van der Waals surface area contributed by atoms with Crippen molar-refractivity contribution < 1.29 is 23.7 Å². The Morgan fingerprint density at radius 1 is 0.405 bits per heavy atom. The predicted octanol–water partition coefficient (Wildman–Crippen LogP) is 8.18. The molecule has 5 heteroatoms. The number of ether oxygens (including phenoxy) is 5. The van der Waals surface area contributed by atoms with Crippen LogP contribution in [0.1, 0.15) is 109 Å². The van der Waals surface area contributed by atoms with Crippen molar-refractivity contribution in [1.82, 2.24) is 0 Å². The van der Waals surface area contributed by atoms with Crippen molar-refractivity contribution in [1.29, 1.82) is 0 Å². The quantitative estimate of drug-likeness (QED) is 0.0993. The smallest absolute Gasteiger partial charge is 0.119 e. The predicted molar refractivity (Wildman–Crippen MR) is 155 cm³/mol. The van der Waals surface area contributed by atoms with Crippen molar-refractivity contribution in [3.8, 4) is 5.75 Å². The van der Waals surface area contributed by atoms with Crippen LogP contribution in [-0.2, 0) is 25.4 Å². The number of benzene rings is 1. The Labute approximate surface area is 228 Å². The third-order valence-electron chi connectivity index (χ3n) is 6.50. The highest BCUT2D eigenvalue weighted by molar-refractivity contribution is 5.27. The lowest BCUT2D eigenvalue weighted by Gasteiger charge is -2.09. The van der Waals surface area contributed by atoms with E-state index in [4.69, 9.17) is 23.7 Å². The van der Waals surface area contributed by atoms with Gasteiger partial charge in [-0.2, -0.15) is 0 Å². The van der Waals surface area contributed by atoms with Gasteiger partial charge < -0.3 is 23.7 Å². The van der Waals surface area contributed by atoms with Crippen molar-refractivity contribution in [2.24, 2.45) is 0 Å². The summed E-state index contributed by atoms with van der Waals surface area (Å²) in [4.78, 5) is 0. The number of hydrogen-bond acceptors (Lipinski definition) is 5. The van der Waals surface area contributed by atoms with E-state index >= 15 is 0 Å². The van der Waals surface area contributed by atoms with Crippen molar-refractivity contribution in [3.05, 3.63) is 29.8 Å². The Bertz CT molecular complexity index is 563. The number of aryl methyl sites for hydroxylation is 1. The van der Waals surface area contributed by atoms with Gasteiger partial charge in [-0.15, -0.1) is 0 Å². The lowest BCUT2D eigenvalue weighted by Crippen LogP contribution is -2.13. The summed E-state index contributed by atoms with van der Waals surface area (Å²) in [6.45, 7) is 10.1. The van der Waals surface area contributed by atoms with E-state index in [1.807, 2.05) is 0 Å². The molecule has 37 heavy (non-hydrogen) atoms. The van der Waals surface area contributed by atoms with E-state index in [0.717, 1.165) is 25.2 Å². The molecule has 216 valence electrons. The second-order valence-electron chi connectivity index (χ2n) is 9.93. The van der Waals surface area contributed by atoms with Gasteiger partial charge in [0, 0.05) is 6.61 Å². The Kier molecular flexibility index (Phi) is 25.5. The molecule has 0 amide bonds. The summed E-state index contributed by atoms with van der Waals surface area (Å²) in [5.41, 5.74) is 1.39. The van der Waals surface area contributed by atoms with Crippen molar-refractivity contribution >= 4 is 0 Å². The van der Waals surface area contributed by atoms with Gasteiger partial charge in [0.05, 0.1) is 46.2 Å². The third kappa shape index (κ3) is 23.7. The van der Waals surface area contributed by atoms with Gasteiger partial charge in [0.15, 0.2) is 0 Å². The normalized spacial score (nSPS) is 11.3. The minimum atomic E-state index is 0.554. The van der Waals surface area contributed by atoms with Gasteiger partial charge >= 0.3 is 0 Å². The lowest BCUT2D eigenvalue weighted by molar-refractivity contribution is -0.00487. The molecule has 0 aromatic heterocycles. The highest BCUT2D eigenvalue weighted by Crippen LogP contribution is 2.15. The summed E-state index contributed by atoms with van der Waals surface area (Å²) < 4.78 is 28.1. The first-order valence-electron chi connectivity index (χ1n) is 15.4. The van der Waals surface area contributed by atoms with Gasteiger partial charge in [-0.1, -0.05) is 103 Å². The fraction of sp³-hybridized carbons (Fsp3) is 0.812. The molecular formula is C32H58O5. The standard InChI is InChI=1S/C32H58O5/c1-3-5-7-9-11-12-14-16-22-33-23-24-34-25-26-35-27-28-36-29-30-37-32-20-18-31(19-21-32)17-15-13-10-8-6-4-2/h18-21H,3-17,22-30H2,1-2H3. The maximum Gasteiger partial charge on any atom is 0.119 e. The first-order chi connectivity index (χ1) is 18.4. The zero-order valence-corrected chi connectivity index (χ0v) is 24.3. The van der Waals surface area contributed by atoms with E-state index in [0.29, 0.717) is 52.9 Å². The van der Waals surface area contributed by atoms with Crippen molar-refractivity contribution in [2.45, 2.75) is 110 Å². The van der Waals surface area contributed by atoms with Crippen molar-refractivity contribution in [2.75, 3.05) is 59.5 Å². The largest absolute Gasteiger partial charge is 0.491 e. The molecular weight excluding hydrogens is 464 g/mol. The second kappa shape index (κ2) is 27.9. The zero-order chi connectivity index (χ0) is 26.5. The van der Waals surface area contributed by atoms with E-state index in [1.54, 1.807) is 0 Å². The summed E-state index contributed by atoms with van der Waals surface area (Å²) in [5, 5.41) is 0. The molecule has 0 bridgehead atoms. The van der Waals surface area contributed by atoms with Crippen LogP contribution >= 0.6 is 0 Å². The molecule has 0 radical (unpaired) electrons. The molecule has 0 atom stereocenters. The number of rotatable bonds is 29. The molecule has 0 fully saturated rings. The van der Waals surface area contributed by atoms with E-state index in [-0.39, 0.29) is 0 Å². The highest BCUT2D eigenvalue weighted by Gasteiger charge is 1.98. The Morgan fingerprint density at radius 3 is 1.32 bits per heavy atom. The fourth-order valence-electron chi connectivity index (χ4n) is 4.18. The molecule has 0 saturated carbocycles. The molecule has 0 unspecified atom stereocenters.